The van der Waals surface area contributed by atoms with Gasteiger partial charge in [0.25, 0.3) is 0 Å². The van der Waals surface area contributed by atoms with Crippen LogP contribution in [-0.4, -0.2) is 42.8 Å². The first kappa shape index (κ1) is 7.13. The molecule has 0 aromatic heterocycles. The smallest absolute Gasteiger partial charge is 0.249 e. The summed E-state index contributed by atoms with van der Waals surface area (Å²) in [5.74, 6) is 0. The summed E-state index contributed by atoms with van der Waals surface area (Å²) in [6.45, 7) is 3.94. The van der Waals surface area contributed by atoms with Gasteiger partial charge in [0, 0.05) is 26.2 Å². The molecule has 0 unspecified atom stereocenters. The average molecular weight is 146 g/mol. The highest BCUT2D eigenvalue weighted by molar-refractivity contribution is 7.20. The molecule has 1 heterocycles. The first-order valence-corrected chi connectivity index (χ1v) is 3.86. The van der Waals surface area contributed by atoms with Gasteiger partial charge in [-0.3, -0.25) is 4.57 Å². The van der Waals surface area contributed by atoms with Crippen molar-refractivity contribution in [2.24, 2.45) is 0 Å². The maximum Gasteiger partial charge on any atom is 0.249 e. The van der Waals surface area contributed by atoms with Crippen molar-refractivity contribution in [1.82, 2.24) is 9.57 Å². The zero-order valence-electron chi connectivity index (χ0n) is 5.58. The van der Waals surface area contributed by atoms with E-state index in [0.717, 1.165) is 26.2 Å². The number of nitrogens with zero attached hydrogens (tertiary/aromatic N) is 2. The summed E-state index contributed by atoms with van der Waals surface area (Å²) < 4.78 is 12.2. The van der Waals surface area contributed by atoms with Crippen molar-refractivity contribution < 1.29 is 4.57 Å². The summed E-state index contributed by atoms with van der Waals surface area (Å²) in [7, 11) is 2.26. The normalized spacial score (nSPS) is 25.0. The van der Waals surface area contributed by atoms with Crippen LogP contribution < -0.4 is 0 Å². The van der Waals surface area contributed by atoms with Gasteiger partial charge in [0.05, 0.1) is 0 Å². The van der Waals surface area contributed by atoms with Crippen molar-refractivity contribution in [1.29, 1.82) is 0 Å². The van der Waals surface area contributed by atoms with Crippen LogP contribution in [0.25, 0.3) is 0 Å². The second kappa shape index (κ2) is 3.25. The Balaban J connectivity index is 2.26. The number of hydrogen-bond donors (Lipinski definition) is 0. The summed E-state index contributed by atoms with van der Waals surface area (Å²) >= 11 is 0. The van der Waals surface area contributed by atoms with E-state index in [4.69, 9.17) is 0 Å². The van der Waals surface area contributed by atoms with Gasteiger partial charge in [-0.25, -0.2) is 4.67 Å². The molecule has 0 bridgehead atoms. The second-order valence-electron chi connectivity index (χ2n) is 2.34. The van der Waals surface area contributed by atoms with Crippen LogP contribution in [0.2, 0.25) is 0 Å². The second-order valence-corrected chi connectivity index (χ2v) is 3.07. The Morgan fingerprint density at radius 1 is 1.22 bits per heavy atom. The summed E-state index contributed by atoms with van der Waals surface area (Å²) in [4.78, 5) is 2.24. The SMILES string of the molecule is CN1CCN(P=O)CC1. The highest BCUT2D eigenvalue weighted by Crippen LogP contribution is 2.07. The van der Waals surface area contributed by atoms with Crippen LogP contribution in [0.15, 0.2) is 0 Å². The molecule has 0 aromatic carbocycles. The van der Waals surface area contributed by atoms with Gasteiger partial charge in [-0.05, 0) is 7.05 Å². The van der Waals surface area contributed by atoms with Crippen LogP contribution in [0, 0.1) is 0 Å². The Labute approximate surface area is 56.9 Å². The zero-order valence-corrected chi connectivity index (χ0v) is 6.47. The molecular formula is C5H11N2OP. The zero-order chi connectivity index (χ0) is 6.69. The molecule has 1 rings (SSSR count). The lowest BCUT2D eigenvalue weighted by atomic mass is 10.4. The van der Waals surface area contributed by atoms with Gasteiger partial charge in [0.15, 0.2) is 0 Å². The highest BCUT2D eigenvalue weighted by atomic mass is 31.1. The summed E-state index contributed by atoms with van der Waals surface area (Å²) in [5.41, 5.74) is 0. The van der Waals surface area contributed by atoms with Crippen LogP contribution in [0.3, 0.4) is 0 Å². The van der Waals surface area contributed by atoms with E-state index >= 15 is 0 Å². The molecule has 0 amide bonds. The van der Waals surface area contributed by atoms with E-state index in [1.807, 2.05) is 4.67 Å². The molecule has 0 atom stereocenters. The van der Waals surface area contributed by atoms with Gasteiger partial charge in [0.2, 0.25) is 8.61 Å². The number of piperazine rings is 1. The molecule has 1 fully saturated rings. The predicted octanol–water partition coefficient (Wildman–Crippen LogP) is 0.440. The van der Waals surface area contributed by atoms with E-state index in [-0.39, 0.29) is 8.61 Å². The van der Waals surface area contributed by atoms with Crippen molar-refractivity contribution in [3.8, 4) is 0 Å². The van der Waals surface area contributed by atoms with Crippen molar-refractivity contribution in [3.63, 3.8) is 0 Å². The first-order chi connectivity index (χ1) is 4.33. The Kier molecular flexibility index (Phi) is 2.58. The molecule has 1 saturated heterocycles. The molecule has 0 radical (unpaired) electrons. The average Bonchev–Trinajstić information content (AvgIpc) is 1.90. The molecule has 0 aliphatic carbocycles. The first-order valence-electron chi connectivity index (χ1n) is 3.09. The monoisotopic (exact) mass is 146 g/mol. The van der Waals surface area contributed by atoms with Crippen molar-refractivity contribution >= 4 is 8.61 Å². The molecule has 3 nitrogen and oxygen atoms in total. The third kappa shape index (κ3) is 2.01. The van der Waals surface area contributed by atoms with Crippen molar-refractivity contribution in [2.45, 2.75) is 0 Å². The molecule has 0 spiro atoms. The molecular weight excluding hydrogens is 135 g/mol. The van der Waals surface area contributed by atoms with Gasteiger partial charge in [-0.15, -0.1) is 0 Å². The molecule has 9 heavy (non-hydrogen) atoms. The fourth-order valence-electron chi connectivity index (χ4n) is 0.878. The molecule has 4 heteroatoms. The highest BCUT2D eigenvalue weighted by Gasteiger charge is 2.12. The standard InChI is InChI=1S/C5H11N2OP/c1-6-2-4-7(9-8)5-3-6/h2-5H2,1H3. The van der Waals surface area contributed by atoms with Crippen LogP contribution in [-0.2, 0) is 4.57 Å². The van der Waals surface area contributed by atoms with E-state index in [0.29, 0.717) is 0 Å². The maximum absolute atomic E-state index is 10.3. The Morgan fingerprint density at radius 3 is 2.22 bits per heavy atom. The number of rotatable bonds is 1. The molecule has 1 aliphatic rings. The van der Waals surface area contributed by atoms with Gasteiger partial charge < -0.3 is 4.90 Å². The van der Waals surface area contributed by atoms with Crippen LogP contribution in [0.5, 0.6) is 0 Å². The molecule has 1 aliphatic heterocycles. The quantitative estimate of drug-likeness (QED) is 0.501. The summed E-state index contributed by atoms with van der Waals surface area (Å²) in [5, 5.41) is 0. The van der Waals surface area contributed by atoms with Gasteiger partial charge in [-0.1, -0.05) is 0 Å². The van der Waals surface area contributed by atoms with Crippen LogP contribution >= 0.6 is 8.61 Å². The topological polar surface area (TPSA) is 23.6 Å². The summed E-state index contributed by atoms with van der Waals surface area (Å²) in [6.07, 6.45) is 0. The fourth-order valence-corrected chi connectivity index (χ4v) is 1.22. The number of likely N-dealkylation sites (N-methyl/N-ethyl adjacent to an activating group) is 1. The molecule has 0 saturated carbocycles. The van der Waals surface area contributed by atoms with Gasteiger partial charge in [0.1, 0.15) is 0 Å². The summed E-state index contributed by atoms with van der Waals surface area (Å²) in [6, 6.07) is 0. The molecule has 0 N–H and O–H groups in total. The van der Waals surface area contributed by atoms with E-state index in [9.17, 15) is 4.57 Å². The predicted molar refractivity (Wildman–Crippen MR) is 36.7 cm³/mol. The third-order valence-corrected chi connectivity index (χ3v) is 2.23. The van der Waals surface area contributed by atoms with E-state index in [1.165, 1.54) is 0 Å². The van der Waals surface area contributed by atoms with Gasteiger partial charge >= 0.3 is 0 Å². The van der Waals surface area contributed by atoms with Crippen LogP contribution in [0.1, 0.15) is 0 Å². The lowest BCUT2D eigenvalue weighted by Crippen LogP contribution is -2.39. The lowest BCUT2D eigenvalue weighted by Gasteiger charge is -2.26. The van der Waals surface area contributed by atoms with Gasteiger partial charge in [-0.2, -0.15) is 0 Å². The van der Waals surface area contributed by atoms with Crippen molar-refractivity contribution in [2.75, 3.05) is 33.2 Å². The number of hydrogen-bond acceptors (Lipinski definition) is 2. The fraction of sp³-hybridized carbons (Fsp3) is 1.00. The van der Waals surface area contributed by atoms with E-state index in [1.54, 1.807) is 0 Å². The minimum absolute atomic E-state index is 0.179. The van der Waals surface area contributed by atoms with Crippen LogP contribution in [0.4, 0.5) is 0 Å². The minimum Gasteiger partial charge on any atom is -0.304 e. The van der Waals surface area contributed by atoms with Crippen molar-refractivity contribution in [3.05, 3.63) is 0 Å². The maximum atomic E-state index is 10.3. The molecule has 52 valence electrons. The Morgan fingerprint density at radius 2 is 1.78 bits per heavy atom. The third-order valence-electron chi connectivity index (χ3n) is 1.60. The Hall–Kier alpha value is 0.0200. The molecule has 0 aromatic rings. The largest absolute Gasteiger partial charge is 0.304 e. The Bertz CT molecular complexity index is 101. The minimum atomic E-state index is 0.179. The van der Waals surface area contributed by atoms with E-state index < -0.39 is 0 Å². The van der Waals surface area contributed by atoms with E-state index in [2.05, 4.69) is 11.9 Å². The lowest BCUT2D eigenvalue weighted by molar-refractivity contribution is 0.227.